The van der Waals surface area contributed by atoms with Gasteiger partial charge in [0.25, 0.3) is 0 Å². The van der Waals surface area contributed by atoms with Crippen molar-refractivity contribution in [1.29, 1.82) is 0 Å². The quantitative estimate of drug-likeness (QED) is 0.588. The molecule has 0 aliphatic heterocycles. The van der Waals surface area contributed by atoms with Crippen molar-refractivity contribution in [2.45, 2.75) is 30.4 Å². The molecule has 0 aromatic heterocycles. The zero-order chi connectivity index (χ0) is 14.3. The first-order valence-electron chi connectivity index (χ1n) is 3.56. The number of halogens is 9. The highest BCUT2D eigenvalue weighted by molar-refractivity contribution is 6.24. The maximum atomic E-state index is 12.5. The summed E-state index contributed by atoms with van der Waals surface area (Å²) in [5, 5.41) is -5.89. The summed E-state index contributed by atoms with van der Waals surface area (Å²) in [4.78, 5) is 10.1. The monoisotopic (exact) mass is 294 g/mol. The molecule has 102 valence electrons. The molecular formula is C6H3ClF8O2. The molecule has 0 fully saturated rings. The van der Waals surface area contributed by atoms with Crippen LogP contribution in [0.3, 0.4) is 0 Å². The summed E-state index contributed by atoms with van der Waals surface area (Å²) in [6, 6.07) is 0. The zero-order valence-corrected chi connectivity index (χ0v) is 8.47. The first-order chi connectivity index (χ1) is 7.15. The Hall–Kier alpha value is -0.640. The Labute approximate surface area is 93.5 Å². The maximum absolute atomic E-state index is 12.5. The van der Waals surface area contributed by atoms with Crippen molar-refractivity contribution < 1.29 is 44.7 Å². The Morgan fingerprint density at radius 3 is 1.59 bits per heavy atom. The van der Waals surface area contributed by atoms with E-state index in [0.717, 1.165) is 0 Å². The lowest BCUT2D eigenvalue weighted by Gasteiger charge is -2.30. The van der Waals surface area contributed by atoms with Gasteiger partial charge in [0.1, 0.15) is 0 Å². The van der Waals surface area contributed by atoms with Gasteiger partial charge in [0.05, 0.1) is 0 Å². The predicted molar refractivity (Wildman–Crippen MR) is 37.4 cm³/mol. The van der Waals surface area contributed by atoms with Gasteiger partial charge in [-0.15, -0.1) is 0 Å². The molecular weight excluding hydrogens is 292 g/mol. The number of Topliss-reactive ketones (excluding diaryl/α,β-unsaturated/α-hetero) is 1. The van der Waals surface area contributed by atoms with Crippen molar-refractivity contribution in [3.05, 3.63) is 0 Å². The third kappa shape index (κ3) is 3.18. The minimum atomic E-state index is -6.38. The summed E-state index contributed by atoms with van der Waals surface area (Å²) >= 11 is 3.80. The second kappa shape index (κ2) is 4.23. The summed E-state index contributed by atoms with van der Waals surface area (Å²) in [6.45, 7) is 0.0534. The molecule has 0 amide bonds. The van der Waals surface area contributed by atoms with Crippen molar-refractivity contribution in [2.75, 3.05) is 0 Å². The summed E-state index contributed by atoms with van der Waals surface area (Å²) < 4.78 is 99.4. The van der Waals surface area contributed by atoms with Crippen molar-refractivity contribution >= 4 is 17.4 Å². The van der Waals surface area contributed by atoms with Crippen LogP contribution in [0.2, 0.25) is 0 Å². The molecule has 0 rings (SSSR count). The van der Waals surface area contributed by atoms with E-state index < -0.39 is 29.3 Å². The number of carbonyl (C=O) groups excluding carboxylic acids is 1. The second-order valence-electron chi connectivity index (χ2n) is 2.76. The van der Waals surface area contributed by atoms with Gasteiger partial charge in [-0.3, -0.25) is 4.79 Å². The molecule has 0 heterocycles. The van der Waals surface area contributed by atoms with E-state index in [0.29, 0.717) is 0 Å². The fourth-order valence-corrected chi connectivity index (χ4v) is 0.501. The highest BCUT2D eigenvalue weighted by Crippen LogP contribution is 2.50. The summed E-state index contributed by atoms with van der Waals surface area (Å²) in [7, 11) is 0. The molecule has 0 aliphatic carbocycles. The molecule has 11 heteroatoms. The van der Waals surface area contributed by atoms with Crippen LogP contribution in [0, 0.1) is 0 Å². The third-order valence-electron chi connectivity index (χ3n) is 1.39. The van der Waals surface area contributed by atoms with Gasteiger partial charge in [0, 0.05) is 6.92 Å². The van der Waals surface area contributed by atoms with E-state index in [9.17, 15) is 39.9 Å². The van der Waals surface area contributed by atoms with E-state index in [1.807, 2.05) is 0 Å². The van der Waals surface area contributed by atoms with Crippen LogP contribution in [0.25, 0.3) is 0 Å². The molecule has 0 spiro atoms. The maximum Gasteiger partial charge on any atom is 0.446 e. The smallest absolute Gasteiger partial charge is 0.290 e. The number of hydrogen-bond acceptors (Lipinski definition) is 2. The van der Waals surface area contributed by atoms with Crippen molar-refractivity contribution in [2.24, 2.45) is 0 Å². The Kier molecular flexibility index (Phi) is 4.07. The first kappa shape index (κ1) is 16.4. The highest BCUT2D eigenvalue weighted by atomic mass is 35.5. The van der Waals surface area contributed by atoms with Crippen molar-refractivity contribution in [3.8, 4) is 0 Å². The molecule has 0 saturated heterocycles. The lowest BCUT2D eigenvalue weighted by molar-refractivity contribution is -0.413. The summed E-state index contributed by atoms with van der Waals surface area (Å²) in [6.07, 6.45) is -17.8. The van der Waals surface area contributed by atoms with E-state index in [2.05, 4.69) is 16.3 Å². The normalized spacial score (nSPS) is 17.8. The van der Waals surface area contributed by atoms with Crippen LogP contribution < -0.4 is 0 Å². The minimum Gasteiger partial charge on any atom is -0.290 e. The van der Waals surface area contributed by atoms with E-state index in [-0.39, 0.29) is 6.92 Å². The van der Waals surface area contributed by atoms with Crippen LogP contribution in [-0.2, 0) is 9.53 Å². The van der Waals surface area contributed by atoms with E-state index in [4.69, 9.17) is 0 Å². The van der Waals surface area contributed by atoms with Gasteiger partial charge in [0.15, 0.2) is 0 Å². The largest absolute Gasteiger partial charge is 0.446 e. The van der Waals surface area contributed by atoms with Crippen LogP contribution in [0.1, 0.15) is 6.92 Å². The molecule has 0 aromatic carbocycles. The summed E-state index contributed by atoms with van der Waals surface area (Å²) in [5.74, 6) is -2.34. The number of ether oxygens (including phenoxy) is 1. The number of rotatable bonds is 4. The lowest BCUT2D eigenvalue weighted by atomic mass is 10.3. The van der Waals surface area contributed by atoms with Gasteiger partial charge in [-0.05, 0) is 0 Å². The standard InChI is InChI=1S/C6H3ClF8O2/c1-2(16)3(8,9)17-6(14,15)4(7,10)5(11,12)13/h1H3. The molecule has 0 saturated carbocycles. The van der Waals surface area contributed by atoms with Crippen LogP contribution in [0.15, 0.2) is 0 Å². The number of ketones is 1. The van der Waals surface area contributed by atoms with Crippen molar-refractivity contribution in [1.82, 2.24) is 0 Å². The molecule has 17 heavy (non-hydrogen) atoms. The molecule has 1 unspecified atom stereocenters. The van der Waals surface area contributed by atoms with Gasteiger partial charge in [-0.25, -0.2) is 9.13 Å². The summed E-state index contributed by atoms with van der Waals surface area (Å²) in [5.41, 5.74) is 0. The molecule has 0 N–H and O–H groups in total. The van der Waals surface area contributed by atoms with Gasteiger partial charge in [0.2, 0.25) is 5.78 Å². The van der Waals surface area contributed by atoms with Crippen LogP contribution in [0.4, 0.5) is 35.1 Å². The fraction of sp³-hybridized carbons (Fsp3) is 0.833. The Morgan fingerprint density at radius 2 is 1.35 bits per heavy atom. The number of alkyl halides is 9. The highest BCUT2D eigenvalue weighted by Gasteiger charge is 2.74. The Bertz CT molecular complexity index is 310. The van der Waals surface area contributed by atoms with E-state index in [1.165, 1.54) is 0 Å². The molecule has 2 nitrogen and oxygen atoms in total. The predicted octanol–water partition coefficient (Wildman–Crippen LogP) is 3.24. The van der Waals surface area contributed by atoms with E-state index >= 15 is 0 Å². The molecule has 0 bridgehead atoms. The Balaban J connectivity index is 5.24. The number of hydrogen-bond donors (Lipinski definition) is 0. The van der Waals surface area contributed by atoms with Crippen LogP contribution in [0.5, 0.6) is 0 Å². The molecule has 0 aromatic rings. The average Bonchev–Trinajstić information content (AvgIpc) is 1.98. The molecule has 0 aliphatic rings. The third-order valence-corrected chi connectivity index (χ3v) is 1.82. The van der Waals surface area contributed by atoms with Crippen LogP contribution in [-0.4, -0.2) is 29.3 Å². The lowest BCUT2D eigenvalue weighted by Crippen LogP contribution is -2.55. The minimum absolute atomic E-state index is 0.0534. The fourth-order valence-electron chi connectivity index (χ4n) is 0.462. The van der Waals surface area contributed by atoms with Gasteiger partial charge >= 0.3 is 23.5 Å². The van der Waals surface area contributed by atoms with Gasteiger partial charge < -0.3 is 0 Å². The van der Waals surface area contributed by atoms with Gasteiger partial charge in [-0.1, -0.05) is 11.6 Å². The number of carbonyl (C=O) groups is 1. The SMILES string of the molecule is CC(=O)C(F)(F)OC(F)(F)C(F)(Cl)C(F)(F)F. The first-order valence-corrected chi connectivity index (χ1v) is 3.94. The topological polar surface area (TPSA) is 26.3 Å². The average molecular weight is 295 g/mol. The van der Waals surface area contributed by atoms with Crippen molar-refractivity contribution in [3.63, 3.8) is 0 Å². The second-order valence-corrected chi connectivity index (χ2v) is 3.28. The van der Waals surface area contributed by atoms with Crippen LogP contribution >= 0.6 is 11.6 Å². The Morgan fingerprint density at radius 1 is 1.00 bits per heavy atom. The van der Waals surface area contributed by atoms with E-state index in [1.54, 1.807) is 0 Å². The molecule has 1 atom stereocenters. The van der Waals surface area contributed by atoms with Gasteiger partial charge in [-0.2, -0.15) is 30.7 Å². The molecule has 0 radical (unpaired) electrons. The zero-order valence-electron chi connectivity index (χ0n) is 7.72.